The van der Waals surface area contributed by atoms with Gasteiger partial charge in [-0.05, 0) is 31.9 Å². The van der Waals surface area contributed by atoms with Crippen LogP contribution in [0.5, 0.6) is 0 Å². The first-order valence-corrected chi connectivity index (χ1v) is 8.32. The molecule has 1 N–H and O–H groups in total. The van der Waals surface area contributed by atoms with Crippen molar-refractivity contribution < 1.29 is 9.53 Å². The maximum absolute atomic E-state index is 12.3. The molecule has 124 valence electrons. The standard InChI is InChI=1S/C19H21N3O2/c1-2-22-13-15(17-7-3-4-8-18(17)22)10-14(11-20)19(23)21-12-16-6-5-9-24-16/h3-4,7-8,10,13,16H,2,5-6,9,12H2,1H3,(H,21,23)/b14-10+/t16-/m1/s1. The van der Waals surface area contributed by atoms with Crippen LogP contribution in [0.1, 0.15) is 25.3 Å². The summed E-state index contributed by atoms with van der Waals surface area (Å²) in [5, 5.41) is 13.2. The molecule has 3 rings (SSSR count). The van der Waals surface area contributed by atoms with Crippen molar-refractivity contribution in [3.8, 4) is 6.07 Å². The van der Waals surface area contributed by atoms with E-state index in [1.165, 1.54) is 0 Å². The van der Waals surface area contributed by atoms with Crippen LogP contribution in [0.25, 0.3) is 17.0 Å². The number of nitrogens with one attached hydrogen (secondary N) is 1. The Morgan fingerprint density at radius 2 is 2.33 bits per heavy atom. The van der Waals surface area contributed by atoms with E-state index in [4.69, 9.17) is 4.74 Å². The average molecular weight is 323 g/mol. The third-order valence-corrected chi connectivity index (χ3v) is 4.34. The summed E-state index contributed by atoms with van der Waals surface area (Å²) >= 11 is 0. The fourth-order valence-corrected chi connectivity index (χ4v) is 3.06. The fraction of sp³-hybridized carbons (Fsp3) is 0.368. The van der Waals surface area contributed by atoms with Gasteiger partial charge in [0, 0.05) is 42.4 Å². The molecule has 1 atom stereocenters. The molecule has 1 amide bonds. The summed E-state index contributed by atoms with van der Waals surface area (Å²) in [6.07, 6.45) is 5.69. The lowest BCUT2D eigenvalue weighted by molar-refractivity contribution is -0.117. The van der Waals surface area contributed by atoms with E-state index in [-0.39, 0.29) is 17.6 Å². The molecule has 1 fully saturated rings. The zero-order valence-electron chi connectivity index (χ0n) is 13.8. The molecule has 0 unspecified atom stereocenters. The normalized spacial score (nSPS) is 17.8. The van der Waals surface area contributed by atoms with Crippen molar-refractivity contribution in [3.63, 3.8) is 0 Å². The Morgan fingerprint density at radius 3 is 3.04 bits per heavy atom. The highest BCUT2D eigenvalue weighted by molar-refractivity contribution is 6.04. The van der Waals surface area contributed by atoms with Gasteiger partial charge in [-0.1, -0.05) is 18.2 Å². The molecule has 1 aromatic heterocycles. The summed E-state index contributed by atoms with van der Waals surface area (Å²) in [5.74, 6) is -0.346. The molecule has 0 saturated carbocycles. The number of hydrogen-bond acceptors (Lipinski definition) is 3. The first-order chi connectivity index (χ1) is 11.7. The summed E-state index contributed by atoms with van der Waals surface area (Å²) in [5.41, 5.74) is 2.10. The quantitative estimate of drug-likeness (QED) is 0.679. The van der Waals surface area contributed by atoms with Crippen molar-refractivity contribution in [2.75, 3.05) is 13.2 Å². The van der Waals surface area contributed by atoms with Crippen LogP contribution in [0, 0.1) is 11.3 Å². The number of carbonyl (C=O) groups excluding carboxylic acids is 1. The maximum atomic E-state index is 12.3. The number of hydrogen-bond donors (Lipinski definition) is 1. The second-order valence-corrected chi connectivity index (χ2v) is 5.90. The molecule has 2 aromatic rings. The number of aromatic nitrogens is 1. The monoisotopic (exact) mass is 323 g/mol. The number of nitriles is 1. The number of ether oxygens (including phenoxy) is 1. The predicted molar refractivity (Wildman–Crippen MR) is 93.2 cm³/mol. The molecule has 24 heavy (non-hydrogen) atoms. The summed E-state index contributed by atoms with van der Waals surface area (Å²) in [6.45, 7) is 4.10. The van der Waals surface area contributed by atoms with Crippen LogP contribution in [0.15, 0.2) is 36.0 Å². The molecule has 5 nitrogen and oxygen atoms in total. The minimum atomic E-state index is -0.346. The van der Waals surface area contributed by atoms with Crippen molar-refractivity contribution in [2.45, 2.75) is 32.4 Å². The number of fused-ring (bicyclic) bond motifs is 1. The van der Waals surface area contributed by atoms with E-state index in [9.17, 15) is 10.1 Å². The lowest BCUT2D eigenvalue weighted by atomic mass is 10.1. The Hall–Kier alpha value is -2.58. The Balaban J connectivity index is 1.82. The zero-order valence-corrected chi connectivity index (χ0v) is 13.8. The van der Waals surface area contributed by atoms with E-state index in [0.29, 0.717) is 6.54 Å². The van der Waals surface area contributed by atoms with Gasteiger partial charge in [0.05, 0.1) is 6.10 Å². The third-order valence-electron chi connectivity index (χ3n) is 4.34. The largest absolute Gasteiger partial charge is 0.376 e. The highest BCUT2D eigenvalue weighted by atomic mass is 16.5. The van der Waals surface area contributed by atoms with Gasteiger partial charge in [0.2, 0.25) is 0 Å². The summed E-state index contributed by atoms with van der Waals surface area (Å²) in [6, 6.07) is 10.0. The molecule has 0 aliphatic carbocycles. The van der Waals surface area contributed by atoms with Crippen LogP contribution in [0.2, 0.25) is 0 Å². The molecular formula is C19H21N3O2. The maximum Gasteiger partial charge on any atom is 0.262 e. The van der Waals surface area contributed by atoms with E-state index in [0.717, 1.165) is 42.5 Å². The van der Waals surface area contributed by atoms with E-state index in [1.807, 2.05) is 36.5 Å². The van der Waals surface area contributed by atoms with Gasteiger partial charge in [-0.15, -0.1) is 0 Å². The molecular weight excluding hydrogens is 302 g/mol. The van der Waals surface area contributed by atoms with Gasteiger partial charge in [0.25, 0.3) is 5.91 Å². The van der Waals surface area contributed by atoms with E-state index < -0.39 is 0 Å². The van der Waals surface area contributed by atoms with Crippen molar-refractivity contribution in [1.29, 1.82) is 5.26 Å². The Morgan fingerprint density at radius 1 is 1.50 bits per heavy atom. The Labute approximate surface area is 141 Å². The number of carbonyl (C=O) groups is 1. The van der Waals surface area contributed by atoms with E-state index in [2.05, 4.69) is 16.8 Å². The number of aryl methyl sites for hydroxylation is 1. The second kappa shape index (κ2) is 7.33. The lowest BCUT2D eigenvalue weighted by Crippen LogP contribution is -2.32. The summed E-state index contributed by atoms with van der Waals surface area (Å²) < 4.78 is 7.60. The van der Waals surface area contributed by atoms with Crippen LogP contribution < -0.4 is 5.32 Å². The van der Waals surface area contributed by atoms with Crippen molar-refractivity contribution in [2.24, 2.45) is 0 Å². The minimum absolute atomic E-state index is 0.0656. The summed E-state index contributed by atoms with van der Waals surface area (Å²) in [4.78, 5) is 12.3. The van der Waals surface area contributed by atoms with Gasteiger partial charge in [0.15, 0.2) is 0 Å². The van der Waals surface area contributed by atoms with Crippen LogP contribution in [0.4, 0.5) is 0 Å². The number of nitrogens with zero attached hydrogens (tertiary/aromatic N) is 2. The number of benzene rings is 1. The molecule has 1 aliphatic heterocycles. The first kappa shape index (κ1) is 16.3. The second-order valence-electron chi connectivity index (χ2n) is 5.90. The molecule has 1 aliphatic rings. The molecule has 1 aromatic carbocycles. The third kappa shape index (κ3) is 3.34. The van der Waals surface area contributed by atoms with Crippen molar-refractivity contribution in [1.82, 2.24) is 9.88 Å². The number of para-hydroxylation sites is 1. The lowest BCUT2D eigenvalue weighted by Gasteiger charge is -2.10. The van der Waals surface area contributed by atoms with Crippen LogP contribution in [-0.4, -0.2) is 29.7 Å². The van der Waals surface area contributed by atoms with Crippen LogP contribution in [-0.2, 0) is 16.1 Å². The highest BCUT2D eigenvalue weighted by Gasteiger charge is 2.18. The van der Waals surface area contributed by atoms with Crippen LogP contribution >= 0.6 is 0 Å². The predicted octanol–water partition coefficient (Wildman–Crippen LogP) is 2.86. The molecule has 0 spiro atoms. The van der Waals surface area contributed by atoms with E-state index in [1.54, 1.807) is 6.08 Å². The summed E-state index contributed by atoms with van der Waals surface area (Å²) in [7, 11) is 0. The van der Waals surface area contributed by atoms with Gasteiger partial charge in [-0.25, -0.2) is 0 Å². The molecule has 5 heteroatoms. The van der Waals surface area contributed by atoms with Gasteiger partial charge in [-0.3, -0.25) is 4.79 Å². The average Bonchev–Trinajstić information content (AvgIpc) is 3.25. The smallest absolute Gasteiger partial charge is 0.262 e. The number of rotatable bonds is 5. The van der Waals surface area contributed by atoms with Crippen molar-refractivity contribution in [3.05, 3.63) is 41.6 Å². The van der Waals surface area contributed by atoms with Gasteiger partial charge < -0.3 is 14.6 Å². The molecule has 0 bridgehead atoms. The van der Waals surface area contributed by atoms with E-state index >= 15 is 0 Å². The SMILES string of the molecule is CCn1cc(/C=C(\C#N)C(=O)NC[C@H]2CCCO2)c2ccccc21. The van der Waals surface area contributed by atoms with Crippen molar-refractivity contribution >= 4 is 22.9 Å². The first-order valence-electron chi connectivity index (χ1n) is 8.32. The number of amides is 1. The van der Waals surface area contributed by atoms with Crippen LogP contribution in [0.3, 0.4) is 0 Å². The van der Waals surface area contributed by atoms with Gasteiger partial charge >= 0.3 is 0 Å². The Kier molecular flexibility index (Phi) is 4.97. The minimum Gasteiger partial charge on any atom is -0.376 e. The Bertz CT molecular complexity index is 808. The molecule has 0 radical (unpaired) electrons. The highest BCUT2D eigenvalue weighted by Crippen LogP contribution is 2.23. The molecule has 1 saturated heterocycles. The topological polar surface area (TPSA) is 67.0 Å². The fourth-order valence-electron chi connectivity index (χ4n) is 3.06. The van der Waals surface area contributed by atoms with Gasteiger partial charge in [0.1, 0.15) is 11.6 Å². The molecule has 2 heterocycles. The zero-order chi connectivity index (χ0) is 16.9. The van der Waals surface area contributed by atoms with Gasteiger partial charge in [-0.2, -0.15) is 5.26 Å².